The van der Waals surface area contributed by atoms with Gasteiger partial charge in [0.2, 0.25) is 0 Å². The van der Waals surface area contributed by atoms with Crippen LogP contribution in [-0.2, 0) is 6.54 Å². The molecular weight excluding hydrogens is 228 g/mol. The van der Waals surface area contributed by atoms with E-state index in [1.807, 2.05) is 39.8 Å². The van der Waals surface area contributed by atoms with Gasteiger partial charge in [-0.3, -0.25) is 9.36 Å². The van der Waals surface area contributed by atoms with Crippen molar-refractivity contribution in [2.75, 3.05) is 0 Å². The molecule has 0 aliphatic heterocycles. The van der Waals surface area contributed by atoms with Crippen molar-refractivity contribution in [3.8, 4) is 0 Å². The van der Waals surface area contributed by atoms with Crippen LogP contribution in [0.15, 0.2) is 27.8 Å². The molecular formula is C14H18N2O2. The maximum absolute atomic E-state index is 12.4. The molecule has 2 rings (SSSR count). The number of fused-ring (bicyclic) bond motifs is 1. The average molecular weight is 246 g/mol. The van der Waals surface area contributed by atoms with Crippen molar-refractivity contribution in [1.82, 2.24) is 9.55 Å². The fourth-order valence-corrected chi connectivity index (χ4v) is 2.08. The first kappa shape index (κ1) is 12.6. The summed E-state index contributed by atoms with van der Waals surface area (Å²) in [5.74, 6) is 0. The summed E-state index contributed by atoms with van der Waals surface area (Å²) in [5, 5.41) is 0.598. The number of aromatic amines is 1. The minimum absolute atomic E-state index is 0.118. The highest BCUT2D eigenvalue weighted by molar-refractivity contribution is 5.80. The average Bonchev–Trinajstić information content (AvgIpc) is 2.22. The number of nitrogens with one attached hydrogen (secondary N) is 1. The zero-order chi connectivity index (χ0) is 13.5. The predicted octanol–water partition coefficient (Wildman–Crippen LogP) is 2.04. The Labute approximate surface area is 105 Å². The Morgan fingerprint density at radius 3 is 2.50 bits per heavy atom. The third-order valence-corrected chi connectivity index (χ3v) is 2.85. The maximum atomic E-state index is 12.4. The quantitative estimate of drug-likeness (QED) is 0.837. The highest BCUT2D eigenvalue weighted by atomic mass is 16.2. The normalized spacial score (nSPS) is 12.0. The number of rotatable bonds is 1. The molecule has 1 heterocycles. The molecule has 0 amide bonds. The molecule has 0 saturated heterocycles. The molecule has 18 heavy (non-hydrogen) atoms. The van der Waals surface area contributed by atoms with Crippen LogP contribution in [0, 0.1) is 12.3 Å². The van der Waals surface area contributed by atoms with Gasteiger partial charge in [-0.1, -0.05) is 32.9 Å². The van der Waals surface area contributed by atoms with Crippen LogP contribution in [0.3, 0.4) is 0 Å². The van der Waals surface area contributed by atoms with Crippen LogP contribution < -0.4 is 11.2 Å². The van der Waals surface area contributed by atoms with Gasteiger partial charge in [-0.25, -0.2) is 4.79 Å². The van der Waals surface area contributed by atoms with E-state index in [4.69, 9.17) is 0 Å². The van der Waals surface area contributed by atoms with Gasteiger partial charge in [-0.15, -0.1) is 0 Å². The van der Waals surface area contributed by atoms with E-state index in [0.29, 0.717) is 17.4 Å². The summed E-state index contributed by atoms with van der Waals surface area (Å²) in [6.45, 7) is 8.29. The Hall–Kier alpha value is -1.84. The lowest BCUT2D eigenvalue weighted by Crippen LogP contribution is -2.38. The van der Waals surface area contributed by atoms with Gasteiger partial charge in [0.25, 0.3) is 5.56 Å². The van der Waals surface area contributed by atoms with Crippen LogP contribution >= 0.6 is 0 Å². The van der Waals surface area contributed by atoms with Gasteiger partial charge in [-0.2, -0.15) is 0 Å². The molecule has 0 atom stereocenters. The molecule has 1 aromatic heterocycles. The molecule has 4 heteroatoms. The standard InChI is InChI=1S/C14H18N2O2/c1-9-6-5-7-10-11(9)12(17)16(13(18)15-10)8-14(2,3)4/h5-7H,8H2,1-4H3,(H,15,18). The van der Waals surface area contributed by atoms with E-state index in [1.54, 1.807) is 6.07 Å². The van der Waals surface area contributed by atoms with Crippen LogP contribution in [0.5, 0.6) is 0 Å². The minimum atomic E-state index is -0.340. The molecule has 0 saturated carbocycles. The first-order valence-electron chi connectivity index (χ1n) is 6.02. The smallest absolute Gasteiger partial charge is 0.307 e. The van der Waals surface area contributed by atoms with Gasteiger partial charge in [0.1, 0.15) is 0 Å². The van der Waals surface area contributed by atoms with Crippen molar-refractivity contribution < 1.29 is 0 Å². The van der Waals surface area contributed by atoms with E-state index < -0.39 is 0 Å². The summed E-state index contributed by atoms with van der Waals surface area (Å²) in [6, 6.07) is 5.47. The molecule has 0 fully saturated rings. The maximum Gasteiger partial charge on any atom is 0.328 e. The summed E-state index contributed by atoms with van der Waals surface area (Å²) in [7, 11) is 0. The van der Waals surface area contributed by atoms with Gasteiger partial charge < -0.3 is 4.98 Å². The number of benzene rings is 1. The fraction of sp³-hybridized carbons (Fsp3) is 0.429. The van der Waals surface area contributed by atoms with Crippen molar-refractivity contribution >= 4 is 10.9 Å². The summed E-state index contributed by atoms with van der Waals surface area (Å²) >= 11 is 0. The second-order valence-corrected chi connectivity index (χ2v) is 5.88. The number of aryl methyl sites for hydroxylation is 1. The molecule has 0 unspecified atom stereocenters. The first-order chi connectivity index (χ1) is 8.29. The largest absolute Gasteiger partial charge is 0.328 e. The van der Waals surface area contributed by atoms with E-state index in [0.717, 1.165) is 5.56 Å². The summed E-state index contributed by atoms with van der Waals surface area (Å²) < 4.78 is 1.29. The number of aromatic nitrogens is 2. The second kappa shape index (κ2) is 4.12. The molecule has 1 N–H and O–H groups in total. The monoisotopic (exact) mass is 246 g/mol. The van der Waals surface area contributed by atoms with Gasteiger partial charge in [0, 0.05) is 6.54 Å². The zero-order valence-corrected chi connectivity index (χ0v) is 11.2. The molecule has 1 aromatic carbocycles. The van der Waals surface area contributed by atoms with Crippen LogP contribution in [0.25, 0.3) is 10.9 Å². The molecule has 0 aliphatic rings. The van der Waals surface area contributed by atoms with Gasteiger partial charge >= 0.3 is 5.69 Å². The van der Waals surface area contributed by atoms with E-state index in [2.05, 4.69) is 4.98 Å². The highest BCUT2D eigenvalue weighted by Gasteiger charge is 2.16. The SMILES string of the molecule is Cc1cccc2[nH]c(=O)n(CC(C)(C)C)c(=O)c12. The Morgan fingerprint density at radius 1 is 1.22 bits per heavy atom. The van der Waals surface area contributed by atoms with Crippen molar-refractivity contribution in [2.45, 2.75) is 34.2 Å². The lowest BCUT2D eigenvalue weighted by atomic mass is 9.97. The first-order valence-corrected chi connectivity index (χ1v) is 6.02. The third kappa shape index (κ3) is 2.23. The fourth-order valence-electron chi connectivity index (χ4n) is 2.08. The van der Waals surface area contributed by atoms with Gasteiger partial charge in [-0.05, 0) is 24.0 Å². The minimum Gasteiger partial charge on any atom is -0.307 e. The van der Waals surface area contributed by atoms with Gasteiger partial charge in [0.05, 0.1) is 10.9 Å². The summed E-state index contributed by atoms with van der Waals surface area (Å²) in [5.41, 5.74) is 0.828. The highest BCUT2D eigenvalue weighted by Crippen LogP contribution is 2.15. The number of hydrogen-bond donors (Lipinski definition) is 1. The van der Waals surface area contributed by atoms with Crippen molar-refractivity contribution in [1.29, 1.82) is 0 Å². The van der Waals surface area contributed by atoms with Crippen LogP contribution in [-0.4, -0.2) is 9.55 Å². The van der Waals surface area contributed by atoms with Crippen LogP contribution in [0.4, 0.5) is 0 Å². The molecule has 0 radical (unpaired) electrons. The van der Waals surface area contributed by atoms with Crippen LogP contribution in [0.1, 0.15) is 26.3 Å². The van der Waals surface area contributed by atoms with Gasteiger partial charge in [0.15, 0.2) is 0 Å². The zero-order valence-electron chi connectivity index (χ0n) is 11.2. The Morgan fingerprint density at radius 2 is 1.89 bits per heavy atom. The summed E-state index contributed by atoms with van der Waals surface area (Å²) in [6.07, 6.45) is 0. The van der Waals surface area contributed by atoms with E-state index >= 15 is 0 Å². The number of hydrogen-bond acceptors (Lipinski definition) is 2. The lowest BCUT2D eigenvalue weighted by Gasteiger charge is -2.19. The number of H-pyrrole nitrogens is 1. The Bertz CT molecular complexity index is 702. The Balaban J connectivity index is 2.81. The second-order valence-electron chi connectivity index (χ2n) is 5.88. The molecule has 0 bridgehead atoms. The molecule has 0 aliphatic carbocycles. The third-order valence-electron chi connectivity index (χ3n) is 2.85. The molecule has 2 aromatic rings. The van der Waals surface area contributed by atoms with E-state index in [9.17, 15) is 9.59 Å². The van der Waals surface area contributed by atoms with E-state index in [-0.39, 0.29) is 16.7 Å². The Kier molecular flexibility index (Phi) is 2.89. The van der Waals surface area contributed by atoms with Crippen molar-refractivity contribution in [3.05, 3.63) is 44.6 Å². The van der Waals surface area contributed by atoms with Crippen molar-refractivity contribution in [2.24, 2.45) is 5.41 Å². The van der Waals surface area contributed by atoms with E-state index in [1.165, 1.54) is 4.57 Å². The predicted molar refractivity (Wildman–Crippen MR) is 73.0 cm³/mol. The molecule has 0 spiro atoms. The summed E-state index contributed by atoms with van der Waals surface area (Å²) in [4.78, 5) is 27.1. The molecule has 96 valence electrons. The lowest BCUT2D eigenvalue weighted by molar-refractivity contribution is 0.332. The molecule has 4 nitrogen and oxygen atoms in total. The number of nitrogens with zero attached hydrogens (tertiary/aromatic N) is 1. The van der Waals surface area contributed by atoms with Crippen molar-refractivity contribution in [3.63, 3.8) is 0 Å². The topological polar surface area (TPSA) is 54.9 Å². The van der Waals surface area contributed by atoms with Crippen LogP contribution in [0.2, 0.25) is 0 Å².